The number of carbonyl (C=O) groups is 1. The standard InChI is InChI=1S/C14H22NOP.Y/c1-6-17(4,5)10-13(16)15-14-11(2)8-7-9-12(14)3;/h7-9H,6,10H2,1-5H3;/p+1. The van der Waals surface area contributed by atoms with E-state index in [2.05, 4.69) is 25.6 Å². The van der Waals surface area contributed by atoms with Crippen LogP contribution >= 0.6 is 7.26 Å². The van der Waals surface area contributed by atoms with Gasteiger partial charge in [0.1, 0.15) is 6.16 Å². The van der Waals surface area contributed by atoms with E-state index in [9.17, 15) is 4.79 Å². The Balaban J connectivity index is 0.00000289. The van der Waals surface area contributed by atoms with Crippen LogP contribution in [0.4, 0.5) is 5.69 Å². The Bertz CT molecular complexity index is 398. The van der Waals surface area contributed by atoms with Crippen molar-refractivity contribution in [2.75, 3.05) is 31.0 Å². The molecule has 0 spiro atoms. The first-order valence-corrected chi connectivity index (χ1v) is 9.09. The summed E-state index contributed by atoms with van der Waals surface area (Å²) < 4.78 is 0. The largest absolute Gasteiger partial charge is 0.322 e. The second kappa shape index (κ2) is 7.73. The molecule has 0 bridgehead atoms. The van der Waals surface area contributed by atoms with Crippen molar-refractivity contribution in [2.45, 2.75) is 20.8 Å². The number of amides is 1. The minimum atomic E-state index is -1.06. The van der Waals surface area contributed by atoms with Crippen LogP contribution in [0.5, 0.6) is 0 Å². The third-order valence-corrected chi connectivity index (χ3v) is 6.03. The van der Waals surface area contributed by atoms with Crippen LogP contribution in [0.15, 0.2) is 18.2 Å². The van der Waals surface area contributed by atoms with Gasteiger partial charge in [0.2, 0.25) is 0 Å². The van der Waals surface area contributed by atoms with Crippen molar-refractivity contribution in [1.29, 1.82) is 0 Å². The summed E-state index contributed by atoms with van der Waals surface area (Å²) in [5.74, 6) is 0.155. The molecular weight excluding hydrogens is 318 g/mol. The summed E-state index contributed by atoms with van der Waals surface area (Å²) in [5, 5.41) is 3.06. The molecular formula is C14H23NOPY+. The van der Waals surface area contributed by atoms with Crippen LogP contribution < -0.4 is 5.32 Å². The van der Waals surface area contributed by atoms with Crippen molar-refractivity contribution >= 4 is 18.9 Å². The number of benzene rings is 1. The predicted octanol–water partition coefficient (Wildman–Crippen LogP) is 3.54. The Kier molecular flexibility index (Phi) is 7.82. The summed E-state index contributed by atoms with van der Waals surface area (Å²) >= 11 is 0. The maximum absolute atomic E-state index is 12.0. The first kappa shape index (κ1) is 18.2. The molecule has 0 aliphatic carbocycles. The van der Waals surface area contributed by atoms with Gasteiger partial charge in [-0.1, -0.05) is 18.2 Å². The van der Waals surface area contributed by atoms with E-state index in [1.54, 1.807) is 0 Å². The molecule has 1 radical (unpaired) electrons. The van der Waals surface area contributed by atoms with E-state index in [4.69, 9.17) is 0 Å². The quantitative estimate of drug-likeness (QED) is 0.834. The van der Waals surface area contributed by atoms with E-state index < -0.39 is 7.26 Å². The average Bonchev–Trinajstić information content (AvgIpc) is 2.23. The van der Waals surface area contributed by atoms with Crippen molar-refractivity contribution in [2.24, 2.45) is 0 Å². The summed E-state index contributed by atoms with van der Waals surface area (Å²) in [5.41, 5.74) is 3.24. The molecule has 1 N–H and O–H groups in total. The summed E-state index contributed by atoms with van der Waals surface area (Å²) in [7, 11) is -1.06. The fraction of sp³-hybridized carbons (Fsp3) is 0.500. The van der Waals surface area contributed by atoms with Gasteiger partial charge in [-0.05, 0) is 31.9 Å². The zero-order valence-corrected chi connectivity index (χ0v) is 15.8. The second-order valence-electron chi connectivity index (χ2n) is 5.23. The van der Waals surface area contributed by atoms with Crippen molar-refractivity contribution in [3.05, 3.63) is 29.3 Å². The summed E-state index contributed by atoms with van der Waals surface area (Å²) in [6.45, 7) is 10.7. The molecule has 1 rings (SSSR count). The molecule has 0 saturated carbocycles. The van der Waals surface area contributed by atoms with Crippen LogP contribution in [0.1, 0.15) is 18.1 Å². The maximum atomic E-state index is 12.0. The minimum absolute atomic E-state index is 0. The summed E-state index contributed by atoms with van der Waals surface area (Å²) in [4.78, 5) is 12.0. The Morgan fingerprint density at radius 3 is 2.17 bits per heavy atom. The van der Waals surface area contributed by atoms with Gasteiger partial charge in [0.05, 0.1) is 6.16 Å². The molecule has 2 nitrogen and oxygen atoms in total. The molecule has 1 amide bonds. The van der Waals surface area contributed by atoms with Crippen molar-refractivity contribution < 1.29 is 37.5 Å². The number of rotatable bonds is 4. The smallest absolute Gasteiger partial charge is 0.261 e. The third kappa shape index (κ3) is 5.47. The van der Waals surface area contributed by atoms with Gasteiger partial charge in [0, 0.05) is 59.0 Å². The van der Waals surface area contributed by atoms with E-state index in [1.165, 1.54) is 0 Å². The van der Waals surface area contributed by atoms with Crippen LogP contribution in [-0.4, -0.2) is 31.6 Å². The second-order valence-corrected chi connectivity index (χ2v) is 10.0. The van der Waals surface area contributed by atoms with E-state index >= 15 is 0 Å². The van der Waals surface area contributed by atoms with Gasteiger partial charge in [-0.3, -0.25) is 4.79 Å². The summed E-state index contributed by atoms with van der Waals surface area (Å²) in [6, 6.07) is 6.08. The monoisotopic (exact) mass is 341 g/mol. The number of hydrogen-bond acceptors (Lipinski definition) is 1. The van der Waals surface area contributed by atoms with Crippen LogP contribution in [0.2, 0.25) is 0 Å². The van der Waals surface area contributed by atoms with E-state index in [-0.39, 0.29) is 38.6 Å². The van der Waals surface area contributed by atoms with Crippen LogP contribution in [0.3, 0.4) is 0 Å². The number of hydrogen-bond donors (Lipinski definition) is 1. The average molecular weight is 341 g/mol. The topological polar surface area (TPSA) is 29.1 Å². The maximum Gasteiger partial charge on any atom is 0.261 e. The number of nitrogens with one attached hydrogen (secondary N) is 1. The van der Waals surface area contributed by atoms with Gasteiger partial charge in [-0.15, -0.1) is 0 Å². The van der Waals surface area contributed by atoms with Gasteiger partial charge in [0.25, 0.3) is 5.91 Å². The Morgan fingerprint density at radius 1 is 1.22 bits per heavy atom. The molecule has 0 atom stereocenters. The van der Waals surface area contributed by atoms with E-state index in [1.807, 2.05) is 32.0 Å². The Morgan fingerprint density at radius 2 is 1.72 bits per heavy atom. The SMILES string of the molecule is CC[P+](C)(C)CC(=O)Nc1c(C)cccc1C.[Y]. The van der Waals surface area contributed by atoms with Crippen LogP contribution in [-0.2, 0) is 37.5 Å². The predicted molar refractivity (Wildman–Crippen MR) is 78.7 cm³/mol. The summed E-state index contributed by atoms with van der Waals surface area (Å²) in [6.07, 6.45) is 1.80. The molecule has 18 heavy (non-hydrogen) atoms. The molecule has 0 unspecified atom stereocenters. The van der Waals surface area contributed by atoms with E-state index in [0.717, 1.165) is 23.0 Å². The van der Waals surface area contributed by atoms with Gasteiger partial charge >= 0.3 is 0 Å². The number of aryl methyl sites for hydroxylation is 2. The van der Waals surface area contributed by atoms with Gasteiger partial charge in [0.15, 0.2) is 0 Å². The molecule has 0 aromatic heterocycles. The number of carbonyl (C=O) groups excluding carboxylic acids is 1. The fourth-order valence-corrected chi connectivity index (χ4v) is 2.77. The molecule has 4 heteroatoms. The van der Waals surface area contributed by atoms with Crippen LogP contribution in [0.25, 0.3) is 0 Å². The Hall–Kier alpha value is 0.224. The van der Waals surface area contributed by atoms with Gasteiger partial charge in [-0.25, -0.2) is 0 Å². The molecule has 0 aliphatic heterocycles. The molecule has 0 aliphatic rings. The van der Waals surface area contributed by atoms with E-state index in [0.29, 0.717) is 6.16 Å². The first-order valence-electron chi connectivity index (χ1n) is 6.04. The van der Waals surface area contributed by atoms with Gasteiger partial charge in [-0.2, -0.15) is 0 Å². The molecule has 0 saturated heterocycles. The van der Waals surface area contributed by atoms with Crippen molar-refractivity contribution in [3.63, 3.8) is 0 Å². The van der Waals surface area contributed by atoms with Crippen molar-refractivity contribution in [3.8, 4) is 0 Å². The van der Waals surface area contributed by atoms with Crippen molar-refractivity contribution in [1.82, 2.24) is 0 Å². The molecule has 1 aromatic rings. The third-order valence-electron chi connectivity index (χ3n) is 3.17. The van der Waals surface area contributed by atoms with Crippen LogP contribution in [0, 0.1) is 13.8 Å². The normalized spacial score (nSPS) is 10.7. The molecule has 1 aromatic carbocycles. The minimum Gasteiger partial charge on any atom is -0.322 e. The number of para-hydroxylation sites is 1. The fourth-order valence-electron chi connectivity index (χ4n) is 1.69. The first-order chi connectivity index (χ1) is 7.85. The molecule has 97 valence electrons. The van der Waals surface area contributed by atoms with Gasteiger partial charge < -0.3 is 5.32 Å². The Labute approximate surface area is 137 Å². The zero-order chi connectivity index (χ0) is 13.1. The zero-order valence-electron chi connectivity index (χ0n) is 12.1. The number of anilines is 1. The molecule has 0 fully saturated rings. The molecule has 0 heterocycles.